The zero-order chi connectivity index (χ0) is 16.1. The van der Waals surface area contributed by atoms with Gasteiger partial charge in [-0.1, -0.05) is 12.1 Å². The molecule has 0 spiro atoms. The maximum absolute atomic E-state index is 12.1. The minimum absolute atomic E-state index is 0.146. The number of nitrogens with two attached hydrogens (primary N) is 1. The van der Waals surface area contributed by atoms with E-state index in [1.165, 1.54) is 0 Å². The number of nitrogens with one attached hydrogen (secondary N) is 1. The largest absolute Gasteiger partial charge is 0.353 e. The van der Waals surface area contributed by atoms with Gasteiger partial charge in [-0.15, -0.1) is 0 Å². The molecule has 0 aliphatic carbocycles. The van der Waals surface area contributed by atoms with E-state index in [-0.39, 0.29) is 30.8 Å². The predicted molar refractivity (Wildman–Crippen MR) is 85.8 cm³/mol. The molecule has 1 aromatic rings. The monoisotopic (exact) mass is 321 g/mol. The third kappa shape index (κ3) is 3.48. The van der Waals surface area contributed by atoms with E-state index in [9.17, 15) is 14.4 Å². The minimum atomic E-state index is -0.561. The van der Waals surface area contributed by atoms with Gasteiger partial charge in [0.05, 0.1) is 17.2 Å². The molecule has 1 heterocycles. The van der Waals surface area contributed by atoms with Crippen LogP contribution in [0.4, 0.5) is 0 Å². The highest BCUT2D eigenvalue weighted by atomic mass is 32.2. The van der Waals surface area contributed by atoms with Crippen LogP contribution in [0.1, 0.15) is 27.1 Å². The molecule has 1 aliphatic heterocycles. The molecule has 22 heavy (non-hydrogen) atoms. The second kappa shape index (κ2) is 7.42. The molecule has 3 amide bonds. The zero-order valence-corrected chi connectivity index (χ0v) is 13.2. The lowest BCUT2D eigenvalue weighted by molar-refractivity contribution is -0.122. The maximum atomic E-state index is 12.1. The van der Waals surface area contributed by atoms with Crippen molar-refractivity contribution >= 4 is 29.5 Å². The Hall–Kier alpha value is -1.86. The highest BCUT2D eigenvalue weighted by molar-refractivity contribution is 7.98. The molecule has 0 radical (unpaired) electrons. The highest BCUT2D eigenvalue weighted by Gasteiger charge is 2.34. The van der Waals surface area contributed by atoms with Crippen molar-refractivity contribution in [1.82, 2.24) is 10.2 Å². The van der Waals surface area contributed by atoms with Crippen LogP contribution < -0.4 is 11.1 Å². The van der Waals surface area contributed by atoms with Crippen LogP contribution in [0.2, 0.25) is 0 Å². The van der Waals surface area contributed by atoms with Gasteiger partial charge in [0.2, 0.25) is 5.91 Å². The van der Waals surface area contributed by atoms with E-state index in [1.807, 2.05) is 6.26 Å². The average Bonchev–Trinajstić information content (AvgIpc) is 2.77. The first-order valence-corrected chi connectivity index (χ1v) is 8.43. The molecular formula is C15H19N3O3S. The van der Waals surface area contributed by atoms with Gasteiger partial charge in [0.1, 0.15) is 0 Å². The number of carbonyl (C=O) groups excluding carboxylic acids is 3. The number of amides is 3. The topological polar surface area (TPSA) is 92.5 Å². The molecule has 6 nitrogen and oxygen atoms in total. The molecule has 2 rings (SSSR count). The first-order valence-electron chi connectivity index (χ1n) is 7.03. The highest BCUT2D eigenvalue weighted by Crippen LogP contribution is 2.21. The van der Waals surface area contributed by atoms with Gasteiger partial charge in [-0.05, 0) is 30.6 Å². The number of benzene rings is 1. The first kappa shape index (κ1) is 16.5. The minimum Gasteiger partial charge on any atom is -0.353 e. The lowest BCUT2D eigenvalue weighted by Gasteiger charge is -2.16. The summed E-state index contributed by atoms with van der Waals surface area (Å²) >= 11 is 1.63. The summed E-state index contributed by atoms with van der Waals surface area (Å²) in [5.74, 6) is -0.0822. The van der Waals surface area contributed by atoms with Crippen molar-refractivity contribution in [3.63, 3.8) is 0 Å². The van der Waals surface area contributed by atoms with Crippen LogP contribution in [-0.2, 0) is 4.79 Å². The van der Waals surface area contributed by atoms with E-state index in [4.69, 9.17) is 5.73 Å². The molecule has 1 aromatic carbocycles. The number of carbonyl (C=O) groups is 3. The lowest BCUT2D eigenvalue weighted by Crippen LogP contribution is -2.44. The number of fused-ring (bicyclic) bond motifs is 1. The SMILES string of the molecule is CSCC[C@H](N)C(=O)NCCN1C(=O)c2ccccc2C1=O. The third-order valence-electron chi connectivity index (χ3n) is 3.48. The normalized spacial score (nSPS) is 14.9. The van der Waals surface area contributed by atoms with Crippen LogP contribution >= 0.6 is 11.8 Å². The van der Waals surface area contributed by atoms with Crippen molar-refractivity contribution in [1.29, 1.82) is 0 Å². The molecule has 7 heteroatoms. The lowest BCUT2D eigenvalue weighted by atomic mass is 10.1. The summed E-state index contributed by atoms with van der Waals surface area (Å²) in [5.41, 5.74) is 6.57. The summed E-state index contributed by atoms with van der Waals surface area (Å²) in [6.45, 7) is 0.352. The Bertz CT molecular complexity index is 556. The number of hydrogen-bond donors (Lipinski definition) is 2. The van der Waals surface area contributed by atoms with E-state index in [1.54, 1.807) is 36.0 Å². The van der Waals surface area contributed by atoms with Crippen molar-refractivity contribution in [2.45, 2.75) is 12.5 Å². The molecule has 1 aliphatic rings. The number of hydrogen-bond acceptors (Lipinski definition) is 5. The molecule has 118 valence electrons. The van der Waals surface area contributed by atoms with Crippen molar-refractivity contribution in [2.24, 2.45) is 5.73 Å². The van der Waals surface area contributed by atoms with Gasteiger partial charge >= 0.3 is 0 Å². The summed E-state index contributed by atoms with van der Waals surface area (Å²) in [4.78, 5) is 37.2. The van der Waals surface area contributed by atoms with Gasteiger partial charge < -0.3 is 11.1 Å². The molecule has 0 saturated carbocycles. The Morgan fingerprint density at radius 2 is 1.86 bits per heavy atom. The average molecular weight is 321 g/mol. The molecule has 1 atom stereocenters. The van der Waals surface area contributed by atoms with Gasteiger partial charge in [-0.25, -0.2) is 0 Å². The number of rotatable bonds is 7. The van der Waals surface area contributed by atoms with E-state index in [2.05, 4.69) is 5.32 Å². The predicted octanol–water partition coefficient (Wildman–Crippen LogP) is 0.479. The number of nitrogens with zero attached hydrogens (tertiary/aromatic N) is 1. The summed E-state index contributed by atoms with van der Waals surface area (Å²) < 4.78 is 0. The van der Waals surface area contributed by atoms with Crippen LogP contribution in [0.25, 0.3) is 0 Å². The standard InChI is InChI=1S/C15H19N3O3S/c1-22-9-6-12(16)13(19)17-7-8-18-14(20)10-4-2-3-5-11(10)15(18)21/h2-5,12H,6-9,16H2,1H3,(H,17,19)/t12-/m0/s1. The molecule has 0 fully saturated rings. The Kier molecular flexibility index (Phi) is 5.57. The van der Waals surface area contributed by atoms with E-state index >= 15 is 0 Å². The van der Waals surface area contributed by atoms with Crippen molar-refractivity contribution in [3.8, 4) is 0 Å². The fraction of sp³-hybridized carbons (Fsp3) is 0.400. The van der Waals surface area contributed by atoms with E-state index in [0.29, 0.717) is 17.5 Å². The Labute approximate surface area is 133 Å². The Balaban J connectivity index is 1.85. The second-order valence-electron chi connectivity index (χ2n) is 4.99. The van der Waals surface area contributed by atoms with Crippen molar-refractivity contribution in [2.75, 3.05) is 25.1 Å². The number of imide groups is 1. The van der Waals surface area contributed by atoms with Crippen molar-refractivity contribution < 1.29 is 14.4 Å². The van der Waals surface area contributed by atoms with Gasteiger partial charge in [-0.3, -0.25) is 19.3 Å². The molecular weight excluding hydrogens is 302 g/mol. The fourth-order valence-corrected chi connectivity index (χ4v) is 2.73. The molecule has 0 saturated heterocycles. The zero-order valence-electron chi connectivity index (χ0n) is 12.4. The summed E-state index contributed by atoms with van der Waals surface area (Å²) in [5, 5.41) is 2.67. The van der Waals surface area contributed by atoms with Crippen LogP contribution in [-0.4, -0.2) is 53.8 Å². The number of thioether (sulfide) groups is 1. The van der Waals surface area contributed by atoms with E-state index < -0.39 is 6.04 Å². The van der Waals surface area contributed by atoms with Crippen LogP contribution in [0.15, 0.2) is 24.3 Å². The fourth-order valence-electron chi connectivity index (χ4n) is 2.24. The Morgan fingerprint density at radius 1 is 1.27 bits per heavy atom. The van der Waals surface area contributed by atoms with Gasteiger partial charge in [0.15, 0.2) is 0 Å². The van der Waals surface area contributed by atoms with Crippen LogP contribution in [0, 0.1) is 0 Å². The molecule has 3 N–H and O–H groups in total. The second-order valence-corrected chi connectivity index (χ2v) is 5.97. The Morgan fingerprint density at radius 3 is 2.41 bits per heavy atom. The smallest absolute Gasteiger partial charge is 0.261 e. The summed E-state index contributed by atoms with van der Waals surface area (Å²) in [6.07, 6.45) is 2.55. The summed E-state index contributed by atoms with van der Waals surface area (Å²) in [6, 6.07) is 6.15. The molecule has 0 bridgehead atoms. The van der Waals surface area contributed by atoms with Crippen LogP contribution in [0.3, 0.4) is 0 Å². The van der Waals surface area contributed by atoms with Gasteiger partial charge in [0, 0.05) is 13.1 Å². The maximum Gasteiger partial charge on any atom is 0.261 e. The van der Waals surface area contributed by atoms with Gasteiger partial charge in [-0.2, -0.15) is 11.8 Å². The summed E-state index contributed by atoms with van der Waals surface area (Å²) in [7, 11) is 0. The van der Waals surface area contributed by atoms with Crippen LogP contribution in [0.5, 0.6) is 0 Å². The van der Waals surface area contributed by atoms with Gasteiger partial charge in [0.25, 0.3) is 11.8 Å². The first-order chi connectivity index (χ1) is 10.6. The third-order valence-corrected chi connectivity index (χ3v) is 4.13. The quantitative estimate of drug-likeness (QED) is 0.713. The van der Waals surface area contributed by atoms with E-state index in [0.717, 1.165) is 10.7 Å². The molecule has 0 unspecified atom stereocenters. The molecule has 0 aromatic heterocycles. The van der Waals surface area contributed by atoms with Crippen molar-refractivity contribution in [3.05, 3.63) is 35.4 Å².